The van der Waals surface area contributed by atoms with Crippen LogP contribution in [0.1, 0.15) is 59.4 Å². The summed E-state index contributed by atoms with van der Waals surface area (Å²) in [5.41, 5.74) is 2.94. The molecule has 2 aromatic heterocycles. The zero-order valence-corrected chi connectivity index (χ0v) is 12.4. The molecule has 1 nitrogen and oxygen atoms in total. The van der Waals surface area contributed by atoms with E-state index in [9.17, 15) is 0 Å². The maximum absolute atomic E-state index is 4.50. The summed E-state index contributed by atoms with van der Waals surface area (Å²) >= 11 is 1.90. The van der Waals surface area contributed by atoms with E-state index in [4.69, 9.17) is 0 Å². The molecule has 2 heterocycles. The second-order valence-corrected chi connectivity index (χ2v) is 7.74. The molecule has 0 aliphatic carbocycles. The Morgan fingerprint density at radius 3 is 2.11 bits per heavy atom. The van der Waals surface area contributed by atoms with Crippen molar-refractivity contribution >= 4 is 21.6 Å². The molecular weight excluding hydrogens is 238 g/mol. The number of aromatic nitrogens is 1. The maximum Gasteiger partial charge on any atom is 0.0815 e. The van der Waals surface area contributed by atoms with Gasteiger partial charge in [0.2, 0.25) is 0 Å². The van der Waals surface area contributed by atoms with Gasteiger partial charge in [-0.15, -0.1) is 11.3 Å². The lowest BCUT2D eigenvalue weighted by Gasteiger charge is -2.19. The Bertz CT molecular complexity index is 538. The van der Waals surface area contributed by atoms with E-state index in [1.54, 1.807) is 0 Å². The van der Waals surface area contributed by atoms with Crippen LogP contribution >= 0.6 is 11.3 Å². The van der Waals surface area contributed by atoms with Crippen LogP contribution in [0.25, 0.3) is 10.2 Å². The van der Waals surface area contributed by atoms with Crippen LogP contribution in [0.3, 0.4) is 0 Å². The van der Waals surface area contributed by atoms with Crippen LogP contribution in [0.4, 0.5) is 0 Å². The molecule has 2 rings (SSSR count). The molecular formula is C16H25NS. The summed E-state index contributed by atoms with van der Waals surface area (Å²) in [4.78, 5) is 5.91. The number of fused-ring (bicyclic) bond motifs is 1. The number of pyridine rings is 1. The summed E-state index contributed by atoms with van der Waals surface area (Å²) in [5, 5.41) is 0. The fourth-order valence-electron chi connectivity index (χ4n) is 1.90. The van der Waals surface area contributed by atoms with Crippen molar-refractivity contribution in [2.75, 3.05) is 0 Å². The van der Waals surface area contributed by atoms with Crippen molar-refractivity contribution in [2.24, 2.45) is 0 Å². The molecule has 0 saturated carbocycles. The fraction of sp³-hybridized carbons (Fsp3) is 0.562. The number of rotatable bonds is 0. The topological polar surface area (TPSA) is 12.9 Å². The maximum atomic E-state index is 4.50. The van der Waals surface area contributed by atoms with Crippen LogP contribution in [0, 0.1) is 0 Å². The monoisotopic (exact) mass is 263 g/mol. The Morgan fingerprint density at radius 1 is 1.00 bits per heavy atom. The molecule has 0 radical (unpaired) electrons. The highest BCUT2D eigenvalue weighted by atomic mass is 32.1. The van der Waals surface area contributed by atoms with Gasteiger partial charge < -0.3 is 0 Å². The van der Waals surface area contributed by atoms with Gasteiger partial charge in [-0.05, 0) is 28.5 Å². The summed E-state index contributed by atoms with van der Waals surface area (Å²) in [7, 11) is 0. The molecule has 0 unspecified atom stereocenters. The molecule has 0 bridgehead atoms. The van der Waals surface area contributed by atoms with Crippen LogP contribution in [0.5, 0.6) is 0 Å². The molecule has 0 fully saturated rings. The molecule has 0 atom stereocenters. The van der Waals surface area contributed by atoms with Gasteiger partial charge in [-0.25, -0.2) is 0 Å². The van der Waals surface area contributed by atoms with E-state index in [1.807, 2.05) is 17.5 Å². The zero-order chi connectivity index (χ0) is 12.8. The first-order valence-electron chi connectivity index (χ1n) is 6.09. The van der Waals surface area contributed by atoms with Gasteiger partial charge in [0, 0.05) is 11.1 Å². The lowest BCUT2D eigenvalue weighted by atomic mass is 9.87. The molecule has 0 aliphatic rings. The third kappa shape index (κ3) is 2.74. The van der Waals surface area contributed by atoms with E-state index in [0.29, 0.717) is 0 Å². The van der Waals surface area contributed by atoms with E-state index in [1.165, 1.54) is 15.1 Å². The summed E-state index contributed by atoms with van der Waals surface area (Å²) in [6.07, 6.45) is 1.93. The van der Waals surface area contributed by atoms with E-state index in [0.717, 1.165) is 5.52 Å². The summed E-state index contributed by atoms with van der Waals surface area (Å²) in [6.45, 7) is 13.6. The largest absolute Gasteiger partial charge is 0.255 e. The third-order valence-electron chi connectivity index (χ3n) is 2.96. The lowest BCUT2D eigenvalue weighted by molar-refractivity contribution is 0.596. The highest BCUT2D eigenvalue weighted by molar-refractivity contribution is 7.19. The number of hydrogen-bond donors (Lipinski definition) is 0. The fourth-order valence-corrected chi connectivity index (χ4v) is 3.30. The lowest BCUT2D eigenvalue weighted by Crippen LogP contribution is -2.11. The van der Waals surface area contributed by atoms with Crippen molar-refractivity contribution in [3.63, 3.8) is 0 Å². The van der Waals surface area contributed by atoms with Crippen LogP contribution < -0.4 is 0 Å². The summed E-state index contributed by atoms with van der Waals surface area (Å²) in [5.74, 6) is 0. The highest BCUT2D eigenvalue weighted by Crippen LogP contribution is 2.38. The SMILES string of the molecule is C.CC(C)(C)c1cc2nccc(C(C)(C)C)c2s1. The Morgan fingerprint density at radius 2 is 1.61 bits per heavy atom. The van der Waals surface area contributed by atoms with Crippen molar-refractivity contribution in [3.8, 4) is 0 Å². The Labute approximate surface area is 115 Å². The molecule has 0 amide bonds. The van der Waals surface area contributed by atoms with E-state index < -0.39 is 0 Å². The molecule has 0 saturated heterocycles. The Kier molecular flexibility index (Phi) is 3.92. The predicted octanol–water partition coefficient (Wildman–Crippen LogP) is 5.53. The smallest absolute Gasteiger partial charge is 0.0815 e. The minimum Gasteiger partial charge on any atom is -0.255 e. The first-order valence-corrected chi connectivity index (χ1v) is 6.91. The molecule has 2 aromatic rings. The molecule has 0 spiro atoms. The average Bonchev–Trinajstić information content (AvgIpc) is 2.57. The average molecular weight is 263 g/mol. The van der Waals surface area contributed by atoms with Crippen LogP contribution in [-0.2, 0) is 10.8 Å². The molecule has 2 heteroatoms. The third-order valence-corrected chi connectivity index (χ3v) is 4.54. The normalized spacial score (nSPS) is 12.6. The number of hydrogen-bond acceptors (Lipinski definition) is 2. The minimum atomic E-state index is 0. The van der Waals surface area contributed by atoms with Crippen molar-refractivity contribution in [1.82, 2.24) is 4.98 Å². The number of thiophene rings is 1. The van der Waals surface area contributed by atoms with Gasteiger partial charge in [0.1, 0.15) is 0 Å². The van der Waals surface area contributed by atoms with E-state index in [2.05, 4.69) is 58.7 Å². The Hall–Kier alpha value is -0.890. The van der Waals surface area contributed by atoms with Gasteiger partial charge in [-0.3, -0.25) is 4.98 Å². The second-order valence-electron chi connectivity index (χ2n) is 6.68. The number of nitrogens with zero attached hydrogens (tertiary/aromatic N) is 1. The predicted molar refractivity (Wildman–Crippen MR) is 83.8 cm³/mol. The summed E-state index contributed by atoms with van der Waals surface area (Å²) < 4.78 is 1.35. The Balaban J connectivity index is 0.00000162. The van der Waals surface area contributed by atoms with Crippen molar-refractivity contribution in [3.05, 3.63) is 28.8 Å². The van der Waals surface area contributed by atoms with Gasteiger partial charge >= 0.3 is 0 Å². The molecule has 0 N–H and O–H groups in total. The first kappa shape index (κ1) is 15.2. The standard InChI is InChI=1S/C15H21NS.CH4/c1-14(2,3)10-7-8-16-11-9-12(15(4,5)6)17-13(10)11;/h7-9H,1-6H3;1H4. The van der Waals surface area contributed by atoms with Crippen LogP contribution in [-0.4, -0.2) is 4.98 Å². The van der Waals surface area contributed by atoms with Gasteiger partial charge in [-0.1, -0.05) is 49.0 Å². The second kappa shape index (κ2) is 4.65. The van der Waals surface area contributed by atoms with E-state index >= 15 is 0 Å². The van der Waals surface area contributed by atoms with Gasteiger partial charge in [0.25, 0.3) is 0 Å². The molecule has 0 aromatic carbocycles. The molecule has 100 valence electrons. The highest BCUT2D eigenvalue weighted by Gasteiger charge is 2.22. The van der Waals surface area contributed by atoms with Crippen molar-refractivity contribution < 1.29 is 0 Å². The van der Waals surface area contributed by atoms with Gasteiger partial charge in [0.05, 0.1) is 10.2 Å². The zero-order valence-electron chi connectivity index (χ0n) is 11.6. The quantitative estimate of drug-likeness (QED) is 0.609. The minimum absolute atomic E-state index is 0. The van der Waals surface area contributed by atoms with Crippen LogP contribution in [0.15, 0.2) is 18.3 Å². The summed E-state index contributed by atoms with van der Waals surface area (Å²) in [6, 6.07) is 4.40. The molecule has 0 aliphatic heterocycles. The first-order chi connectivity index (χ1) is 7.69. The van der Waals surface area contributed by atoms with Gasteiger partial charge in [-0.2, -0.15) is 0 Å². The van der Waals surface area contributed by atoms with Crippen molar-refractivity contribution in [2.45, 2.75) is 59.8 Å². The van der Waals surface area contributed by atoms with Crippen LogP contribution in [0.2, 0.25) is 0 Å². The van der Waals surface area contributed by atoms with Crippen molar-refractivity contribution in [1.29, 1.82) is 0 Å². The van der Waals surface area contributed by atoms with E-state index in [-0.39, 0.29) is 18.3 Å². The molecule has 18 heavy (non-hydrogen) atoms. The van der Waals surface area contributed by atoms with Gasteiger partial charge in [0.15, 0.2) is 0 Å².